The Morgan fingerprint density at radius 3 is 2.57 bits per heavy atom. The zero-order valence-electron chi connectivity index (χ0n) is 16.1. The summed E-state index contributed by atoms with van der Waals surface area (Å²) in [6.45, 7) is 0.669. The monoisotopic (exact) mass is 411 g/mol. The van der Waals surface area contributed by atoms with E-state index in [2.05, 4.69) is 46.5 Å². The maximum absolute atomic E-state index is 6.32. The van der Waals surface area contributed by atoms with E-state index in [9.17, 15) is 0 Å². The number of aromatic nitrogens is 2. The molecule has 0 atom stereocenters. The van der Waals surface area contributed by atoms with Crippen LogP contribution in [0.4, 0.5) is 0 Å². The van der Waals surface area contributed by atoms with E-state index in [0.29, 0.717) is 11.6 Å². The molecule has 0 radical (unpaired) electrons. The summed E-state index contributed by atoms with van der Waals surface area (Å²) in [5.41, 5.74) is 4.96. The van der Waals surface area contributed by atoms with Gasteiger partial charge in [0, 0.05) is 45.0 Å². The first-order valence-electron chi connectivity index (χ1n) is 9.96. The molecular weight excluding hydrogens is 394 g/mol. The van der Waals surface area contributed by atoms with E-state index in [-0.39, 0.29) is 0 Å². The number of halogens is 1. The minimum absolute atomic E-state index is 0.669. The number of nitrogens with one attached hydrogen (secondary N) is 2. The molecule has 146 valence electrons. The van der Waals surface area contributed by atoms with Crippen LogP contribution in [0.25, 0.3) is 43.9 Å². The lowest BCUT2D eigenvalue weighted by atomic mass is 10.1. The van der Waals surface area contributed by atoms with E-state index < -0.39 is 0 Å². The zero-order chi connectivity index (χ0) is 20.1. The fraction of sp³-hybridized carbons (Fsp3) is 0.0800. The molecule has 0 aliphatic rings. The van der Waals surface area contributed by atoms with Crippen LogP contribution in [0.1, 0.15) is 5.56 Å². The van der Waals surface area contributed by atoms with Crippen LogP contribution >= 0.6 is 11.6 Å². The highest BCUT2D eigenvalue weighted by atomic mass is 35.5. The van der Waals surface area contributed by atoms with Crippen molar-refractivity contribution in [2.45, 2.75) is 6.42 Å². The molecule has 0 aliphatic carbocycles. The van der Waals surface area contributed by atoms with E-state index >= 15 is 0 Å². The van der Waals surface area contributed by atoms with Crippen molar-refractivity contribution in [2.24, 2.45) is 4.99 Å². The summed E-state index contributed by atoms with van der Waals surface area (Å²) in [5, 5.41) is 5.87. The van der Waals surface area contributed by atoms with Gasteiger partial charge < -0.3 is 14.4 Å². The summed E-state index contributed by atoms with van der Waals surface area (Å²) in [6.07, 6.45) is 2.93. The summed E-state index contributed by atoms with van der Waals surface area (Å²) in [6, 6.07) is 22.2. The largest absolute Gasteiger partial charge is 0.440 e. The Morgan fingerprint density at radius 1 is 0.867 bits per heavy atom. The third-order valence-electron chi connectivity index (χ3n) is 5.64. The minimum Gasteiger partial charge on any atom is -0.440 e. The second kappa shape index (κ2) is 6.78. The van der Waals surface area contributed by atoms with Gasteiger partial charge in [-0.05, 0) is 42.3 Å². The number of para-hydroxylation sites is 2. The predicted molar refractivity (Wildman–Crippen MR) is 123 cm³/mol. The molecule has 0 amide bonds. The molecule has 4 nitrogen and oxygen atoms in total. The summed E-state index contributed by atoms with van der Waals surface area (Å²) < 4.78 is 6.16. The van der Waals surface area contributed by atoms with E-state index in [1.165, 1.54) is 10.9 Å². The van der Waals surface area contributed by atoms with Crippen LogP contribution in [-0.4, -0.2) is 16.5 Å². The van der Waals surface area contributed by atoms with Gasteiger partial charge in [-0.1, -0.05) is 48.0 Å². The molecule has 6 aromatic rings. The Hall–Kier alpha value is -3.50. The first-order chi connectivity index (χ1) is 14.8. The molecule has 3 aromatic carbocycles. The van der Waals surface area contributed by atoms with Crippen molar-refractivity contribution >= 4 is 55.5 Å². The van der Waals surface area contributed by atoms with Crippen molar-refractivity contribution in [3.05, 3.63) is 88.9 Å². The van der Waals surface area contributed by atoms with Crippen LogP contribution in [0.15, 0.2) is 82.3 Å². The van der Waals surface area contributed by atoms with Crippen molar-refractivity contribution in [2.75, 3.05) is 6.54 Å². The first kappa shape index (κ1) is 17.4. The van der Waals surface area contributed by atoms with Crippen LogP contribution in [-0.2, 0) is 6.42 Å². The van der Waals surface area contributed by atoms with Crippen LogP contribution in [0.5, 0.6) is 0 Å². The van der Waals surface area contributed by atoms with Crippen LogP contribution in [0.2, 0.25) is 5.02 Å². The molecule has 3 aromatic heterocycles. The highest BCUT2D eigenvalue weighted by Crippen LogP contribution is 2.27. The van der Waals surface area contributed by atoms with Gasteiger partial charge in [0.05, 0.1) is 10.7 Å². The van der Waals surface area contributed by atoms with Gasteiger partial charge in [-0.15, -0.1) is 0 Å². The van der Waals surface area contributed by atoms with Gasteiger partial charge in [0.15, 0.2) is 0 Å². The standard InChI is InChI=1S/C25H18ClN3O/c26-16-9-10-22-19(13-16)24(23-18-6-2-4-8-21(18)29-25(23)30-22)27-12-11-15-14-28-20-7-3-1-5-17(15)20/h1-10,13-14,28-29H,11-12H2. The maximum atomic E-state index is 6.32. The number of aromatic amines is 2. The number of rotatable bonds is 3. The lowest BCUT2D eigenvalue weighted by Crippen LogP contribution is -2.07. The topological polar surface area (TPSA) is 57.1 Å². The van der Waals surface area contributed by atoms with Crippen LogP contribution in [0.3, 0.4) is 0 Å². The Kier molecular flexibility index (Phi) is 3.93. The zero-order valence-corrected chi connectivity index (χ0v) is 16.8. The Morgan fingerprint density at radius 2 is 1.67 bits per heavy atom. The van der Waals surface area contributed by atoms with Gasteiger partial charge in [0.25, 0.3) is 0 Å². The first-order valence-corrected chi connectivity index (χ1v) is 10.3. The second-order valence-corrected chi connectivity index (χ2v) is 7.89. The highest BCUT2D eigenvalue weighted by molar-refractivity contribution is 6.31. The molecule has 0 fully saturated rings. The SMILES string of the molecule is Clc1ccc2oc3[nH]c4ccccc4c3c(=NCCc3c[nH]c4ccccc34)c2c1. The Balaban J connectivity index is 1.56. The summed E-state index contributed by atoms with van der Waals surface area (Å²) >= 11 is 6.32. The van der Waals surface area contributed by atoms with Gasteiger partial charge in [0.1, 0.15) is 5.58 Å². The summed E-state index contributed by atoms with van der Waals surface area (Å²) in [5.74, 6) is 0. The fourth-order valence-electron chi connectivity index (χ4n) is 4.24. The number of H-pyrrole nitrogens is 2. The Labute approximate surface area is 176 Å². The molecular formula is C25H18ClN3O. The maximum Gasteiger partial charge on any atom is 0.208 e. The van der Waals surface area contributed by atoms with Crippen molar-refractivity contribution in [3.63, 3.8) is 0 Å². The van der Waals surface area contributed by atoms with Gasteiger partial charge in [0.2, 0.25) is 5.71 Å². The van der Waals surface area contributed by atoms with Gasteiger partial charge >= 0.3 is 0 Å². The molecule has 3 heterocycles. The van der Waals surface area contributed by atoms with Gasteiger partial charge in [-0.3, -0.25) is 4.99 Å². The third-order valence-corrected chi connectivity index (χ3v) is 5.88. The van der Waals surface area contributed by atoms with Gasteiger partial charge in [-0.25, -0.2) is 0 Å². The summed E-state index contributed by atoms with van der Waals surface area (Å²) in [7, 11) is 0. The van der Waals surface area contributed by atoms with E-state index in [1.54, 1.807) is 0 Å². The average molecular weight is 412 g/mol. The lowest BCUT2D eigenvalue weighted by Gasteiger charge is -2.03. The average Bonchev–Trinajstić information content (AvgIpc) is 3.35. The second-order valence-electron chi connectivity index (χ2n) is 7.46. The van der Waals surface area contributed by atoms with Crippen molar-refractivity contribution in [1.29, 1.82) is 0 Å². The van der Waals surface area contributed by atoms with Gasteiger partial charge in [-0.2, -0.15) is 0 Å². The van der Waals surface area contributed by atoms with E-state index in [1.807, 2.05) is 36.4 Å². The number of benzene rings is 3. The number of fused-ring (bicyclic) bond motifs is 5. The number of hydrogen-bond acceptors (Lipinski definition) is 2. The molecule has 30 heavy (non-hydrogen) atoms. The molecule has 2 N–H and O–H groups in total. The predicted octanol–water partition coefficient (Wildman–Crippen LogP) is 6.35. The lowest BCUT2D eigenvalue weighted by molar-refractivity contribution is 0.648. The number of hydrogen-bond donors (Lipinski definition) is 2. The van der Waals surface area contributed by atoms with Crippen LogP contribution in [0, 0.1) is 0 Å². The molecule has 0 unspecified atom stereocenters. The molecule has 0 aliphatic heterocycles. The Bertz CT molecular complexity index is 1620. The van der Waals surface area contributed by atoms with Crippen molar-refractivity contribution in [1.82, 2.24) is 9.97 Å². The quantitative estimate of drug-likeness (QED) is 0.350. The van der Waals surface area contributed by atoms with E-state index in [4.69, 9.17) is 21.0 Å². The van der Waals surface area contributed by atoms with Crippen molar-refractivity contribution in [3.8, 4) is 0 Å². The van der Waals surface area contributed by atoms with Crippen molar-refractivity contribution < 1.29 is 4.42 Å². The normalized spacial score (nSPS) is 12.6. The fourth-order valence-corrected chi connectivity index (χ4v) is 4.41. The van der Waals surface area contributed by atoms with E-state index in [0.717, 1.165) is 50.3 Å². The molecule has 6 rings (SSSR count). The molecule has 0 saturated carbocycles. The molecule has 5 heteroatoms. The van der Waals surface area contributed by atoms with Crippen LogP contribution < -0.4 is 5.36 Å². The smallest absolute Gasteiger partial charge is 0.208 e. The molecule has 0 spiro atoms. The summed E-state index contributed by atoms with van der Waals surface area (Å²) in [4.78, 5) is 11.8. The highest BCUT2D eigenvalue weighted by Gasteiger charge is 2.12. The number of nitrogens with zero attached hydrogens (tertiary/aromatic N) is 1. The third kappa shape index (κ3) is 2.72. The molecule has 0 saturated heterocycles. The molecule has 0 bridgehead atoms. The minimum atomic E-state index is 0.669.